The summed E-state index contributed by atoms with van der Waals surface area (Å²) >= 11 is 9.02. The van der Waals surface area contributed by atoms with E-state index in [4.69, 9.17) is 11.6 Å². The molecule has 0 aliphatic rings. The van der Waals surface area contributed by atoms with E-state index in [-0.39, 0.29) is 5.56 Å². The van der Waals surface area contributed by atoms with Gasteiger partial charge in [-0.25, -0.2) is 4.98 Å². The molecule has 0 atom stereocenters. The van der Waals surface area contributed by atoms with Crippen LogP contribution in [-0.2, 0) is 13.0 Å². The number of aryl methyl sites for hydroxylation is 1. The lowest BCUT2D eigenvalue weighted by atomic mass is 10.2. The molecule has 2 aromatic heterocycles. The zero-order valence-electron chi connectivity index (χ0n) is 12.3. The van der Waals surface area contributed by atoms with Gasteiger partial charge in [0.15, 0.2) is 5.16 Å². The van der Waals surface area contributed by atoms with E-state index in [0.717, 1.165) is 22.0 Å². The molecule has 6 heteroatoms. The normalized spacial score (nSPS) is 11.2. The molecule has 0 amide bonds. The fourth-order valence-corrected chi connectivity index (χ4v) is 3.98. The van der Waals surface area contributed by atoms with Gasteiger partial charge in [-0.15, -0.1) is 11.3 Å². The van der Waals surface area contributed by atoms with E-state index in [9.17, 15) is 4.79 Å². The van der Waals surface area contributed by atoms with Crippen molar-refractivity contribution in [2.24, 2.45) is 0 Å². The van der Waals surface area contributed by atoms with Crippen molar-refractivity contribution in [3.05, 3.63) is 56.1 Å². The van der Waals surface area contributed by atoms with Crippen LogP contribution in [0.15, 0.2) is 40.3 Å². The van der Waals surface area contributed by atoms with E-state index < -0.39 is 0 Å². The molecule has 0 unspecified atom stereocenters. The molecule has 1 aromatic carbocycles. The zero-order chi connectivity index (χ0) is 15.7. The number of halogens is 1. The Kier molecular flexibility index (Phi) is 4.57. The number of nitrogens with zero attached hydrogens (tertiary/aromatic N) is 2. The Labute approximate surface area is 142 Å². The summed E-state index contributed by atoms with van der Waals surface area (Å²) in [7, 11) is 0. The first-order valence-corrected chi connectivity index (χ1v) is 9.36. The topological polar surface area (TPSA) is 34.9 Å². The number of rotatable bonds is 4. The Hall–Kier alpha value is -1.30. The lowest BCUT2D eigenvalue weighted by Gasteiger charge is -2.10. The van der Waals surface area contributed by atoms with Crippen LogP contribution < -0.4 is 5.56 Å². The number of hydrogen-bond acceptors (Lipinski definition) is 4. The molecular formula is C16H15ClN2OS2. The molecule has 0 aliphatic heterocycles. The minimum absolute atomic E-state index is 0.0280. The fraction of sp³-hybridized carbons (Fsp3) is 0.250. The Bertz CT molecular complexity index is 868. The maximum atomic E-state index is 12.8. The summed E-state index contributed by atoms with van der Waals surface area (Å²) in [6.45, 7) is 2.60. The highest BCUT2D eigenvalue weighted by molar-refractivity contribution is 7.98. The highest BCUT2D eigenvalue weighted by atomic mass is 35.5. The molecule has 0 saturated carbocycles. The molecule has 0 spiro atoms. The summed E-state index contributed by atoms with van der Waals surface area (Å²) in [5.74, 6) is 0. The van der Waals surface area contributed by atoms with Crippen LogP contribution in [0.2, 0.25) is 5.02 Å². The van der Waals surface area contributed by atoms with Crippen LogP contribution in [0.25, 0.3) is 10.2 Å². The predicted molar refractivity (Wildman–Crippen MR) is 95.6 cm³/mol. The average Bonchev–Trinajstić information content (AvgIpc) is 2.95. The first kappa shape index (κ1) is 15.6. The Morgan fingerprint density at radius 1 is 1.32 bits per heavy atom. The fourth-order valence-electron chi connectivity index (χ4n) is 2.29. The van der Waals surface area contributed by atoms with Gasteiger partial charge in [0.2, 0.25) is 0 Å². The highest BCUT2D eigenvalue weighted by Crippen LogP contribution is 2.24. The predicted octanol–water partition coefficient (Wildman–Crippen LogP) is 4.44. The standard InChI is InChI=1S/C16H15ClN2OS2/c1-3-12-8-13-14(22-12)18-16(21-2)19(15(13)20)9-10-4-6-11(17)7-5-10/h4-8H,3,9H2,1-2H3. The second kappa shape index (κ2) is 6.44. The first-order chi connectivity index (χ1) is 10.6. The average molecular weight is 351 g/mol. The van der Waals surface area contributed by atoms with Gasteiger partial charge in [0.05, 0.1) is 11.9 Å². The van der Waals surface area contributed by atoms with E-state index in [2.05, 4.69) is 11.9 Å². The van der Waals surface area contributed by atoms with Gasteiger partial charge >= 0.3 is 0 Å². The summed E-state index contributed by atoms with van der Waals surface area (Å²) in [5.41, 5.74) is 1.06. The molecule has 0 aliphatic carbocycles. The van der Waals surface area contributed by atoms with Crippen molar-refractivity contribution < 1.29 is 0 Å². The van der Waals surface area contributed by atoms with E-state index in [1.165, 1.54) is 16.6 Å². The van der Waals surface area contributed by atoms with Crippen molar-refractivity contribution in [2.75, 3.05) is 6.26 Å². The van der Waals surface area contributed by atoms with Crippen LogP contribution in [0.4, 0.5) is 0 Å². The molecule has 22 heavy (non-hydrogen) atoms. The molecule has 0 fully saturated rings. The third kappa shape index (κ3) is 2.93. The van der Waals surface area contributed by atoms with E-state index in [1.54, 1.807) is 15.9 Å². The van der Waals surface area contributed by atoms with E-state index in [0.29, 0.717) is 17.0 Å². The SMILES string of the molecule is CCc1cc2c(=O)n(Cc3ccc(Cl)cc3)c(SC)nc2s1. The quantitative estimate of drug-likeness (QED) is 0.515. The minimum Gasteiger partial charge on any atom is -0.283 e. The number of hydrogen-bond donors (Lipinski definition) is 0. The second-order valence-electron chi connectivity index (χ2n) is 4.90. The van der Waals surface area contributed by atoms with Gasteiger partial charge in [-0.3, -0.25) is 9.36 Å². The Morgan fingerprint density at radius 3 is 2.68 bits per heavy atom. The number of fused-ring (bicyclic) bond motifs is 1. The second-order valence-corrected chi connectivity index (χ2v) is 7.23. The van der Waals surface area contributed by atoms with Crippen molar-refractivity contribution in [3.63, 3.8) is 0 Å². The largest absolute Gasteiger partial charge is 0.283 e. The maximum Gasteiger partial charge on any atom is 0.263 e. The highest BCUT2D eigenvalue weighted by Gasteiger charge is 2.13. The third-order valence-electron chi connectivity index (χ3n) is 3.45. The van der Waals surface area contributed by atoms with Crippen molar-refractivity contribution in [1.82, 2.24) is 9.55 Å². The molecule has 0 saturated heterocycles. The van der Waals surface area contributed by atoms with Crippen LogP contribution in [0.3, 0.4) is 0 Å². The molecule has 3 nitrogen and oxygen atoms in total. The molecule has 0 radical (unpaired) electrons. The number of benzene rings is 1. The van der Waals surface area contributed by atoms with Gasteiger partial charge in [-0.2, -0.15) is 0 Å². The first-order valence-electron chi connectivity index (χ1n) is 6.94. The Morgan fingerprint density at radius 2 is 2.05 bits per heavy atom. The van der Waals surface area contributed by atoms with E-state index >= 15 is 0 Å². The van der Waals surface area contributed by atoms with Crippen LogP contribution in [-0.4, -0.2) is 15.8 Å². The van der Waals surface area contributed by atoms with Gasteiger partial charge in [0.1, 0.15) is 4.83 Å². The maximum absolute atomic E-state index is 12.8. The van der Waals surface area contributed by atoms with E-state index in [1.807, 2.05) is 36.6 Å². The lowest BCUT2D eigenvalue weighted by Crippen LogP contribution is -2.23. The molecular weight excluding hydrogens is 336 g/mol. The van der Waals surface area contributed by atoms with Crippen LogP contribution >= 0.6 is 34.7 Å². The van der Waals surface area contributed by atoms with Gasteiger partial charge in [-0.1, -0.05) is 42.4 Å². The minimum atomic E-state index is 0.0280. The van der Waals surface area contributed by atoms with Gasteiger partial charge in [0, 0.05) is 9.90 Å². The van der Waals surface area contributed by atoms with Crippen molar-refractivity contribution in [1.29, 1.82) is 0 Å². The molecule has 114 valence electrons. The molecule has 2 heterocycles. The van der Waals surface area contributed by atoms with Gasteiger partial charge < -0.3 is 0 Å². The third-order valence-corrected chi connectivity index (χ3v) is 5.55. The lowest BCUT2D eigenvalue weighted by molar-refractivity contribution is 0.660. The smallest absolute Gasteiger partial charge is 0.263 e. The van der Waals surface area contributed by atoms with Crippen LogP contribution in [0, 0.1) is 0 Å². The summed E-state index contributed by atoms with van der Waals surface area (Å²) in [6, 6.07) is 9.53. The molecule has 3 aromatic rings. The molecule has 0 bridgehead atoms. The summed E-state index contributed by atoms with van der Waals surface area (Å²) < 4.78 is 1.74. The molecule has 0 N–H and O–H groups in total. The number of thioether (sulfide) groups is 1. The van der Waals surface area contributed by atoms with Crippen LogP contribution in [0.5, 0.6) is 0 Å². The van der Waals surface area contributed by atoms with Crippen molar-refractivity contribution in [3.8, 4) is 0 Å². The number of thiophene rings is 1. The van der Waals surface area contributed by atoms with Gasteiger partial charge in [0.25, 0.3) is 5.56 Å². The van der Waals surface area contributed by atoms with Gasteiger partial charge in [-0.05, 0) is 36.4 Å². The summed E-state index contributed by atoms with van der Waals surface area (Å²) in [4.78, 5) is 19.5. The summed E-state index contributed by atoms with van der Waals surface area (Å²) in [5, 5.41) is 2.16. The zero-order valence-corrected chi connectivity index (χ0v) is 14.7. The summed E-state index contributed by atoms with van der Waals surface area (Å²) in [6.07, 6.45) is 2.87. The number of aromatic nitrogens is 2. The van der Waals surface area contributed by atoms with Crippen molar-refractivity contribution >= 4 is 44.9 Å². The Balaban J connectivity index is 2.12. The van der Waals surface area contributed by atoms with Crippen molar-refractivity contribution in [2.45, 2.75) is 25.0 Å². The molecule has 3 rings (SSSR count). The monoisotopic (exact) mass is 350 g/mol. The van der Waals surface area contributed by atoms with Crippen LogP contribution in [0.1, 0.15) is 17.4 Å².